The molecule has 0 unspecified atom stereocenters. The van der Waals surface area contributed by atoms with Gasteiger partial charge in [-0.15, -0.1) is 0 Å². The van der Waals surface area contributed by atoms with Crippen molar-refractivity contribution in [3.05, 3.63) is 82.7 Å². The number of hydrogen-bond acceptors (Lipinski definition) is 6. The fraction of sp³-hybridized carbons (Fsp3) is 0.167. The SMILES string of the molecule is O=C(COc1ccc([N+](=O)[O-])cc1)N(Cc1ccco1)Cc1ccco1. The van der Waals surface area contributed by atoms with Crippen molar-refractivity contribution in [1.82, 2.24) is 4.90 Å². The third kappa shape index (κ3) is 4.50. The van der Waals surface area contributed by atoms with E-state index in [1.807, 2.05) is 0 Å². The number of benzene rings is 1. The van der Waals surface area contributed by atoms with E-state index < -0.39 is 4.92 Å². The Kier molecular flexibility index (Phi) is 5.33. The molecule has 0 atom stereocenters. The second-order valence-corrected chi connectivity index (χ2v) is 5.45. The molecule has 0 saturated carbocycles. The van der Waals surface area contributed by atoms with Crippen molar-refractivity contribution >= 4 is 11.6 Å². The molecule has 0 N–H and O–H groups in total. The van der Waals surface area contributed by atoms with Crippen molar-refractivity contribution in [2.24, 2.45) is 0 Å². The number of carbonyl (C=O) groups excluding carboxylic acids is 1. The molecule has 3 aromatic rings. The van der Waals surface area contributed by atoms with Crippen molar-refractivity contribution in [3.63, 3.8) is 0 Å². The van der Waals surface area contributed by atoms with Crippen LogP contribution >= 0.6 is 0 Å². The van der Waals surface area contributed by atoms with Gasteiger partial charge in [0, 0.05) is 12.1 Å². The minimum absolute atomic E-state index is 0.0408. The molecule has 8 nitrogen and oxygen atoms in total. The molecule has 134 valence electrons. The van der Waals surface area contributed by atoms with Gasteiger partial charge in [0.25, 0.3) is 11.6 Å². The lowest BCUT2D eigenvalue weighted by molar-refractivity contribution is -0.384. The molecule has 1 amide bonds. The van der Waals surface area contributed by atoms with Crippen LogP contribution in [0.15, 0.2) is 69.9 Å². The Balaban J connectivity index is 1.63. The van der Waals surface area contributed by atoms with Gasteiger partial charge >= 0.3 is 0 Å². The Bertz CT molecular complexity index is 804. The smallest absolute Gasteiger partial charge is 0.269 e. The predicted octanol–water partition coefficient (Wildman–Crippen LogP) is 3.39. The number of rotatable bonds is 8. The van der Waals surface area contributed by atoms with Crippen LogP contribution in [0.2, 0.25) is 0 Å². The highest BCUT2D eigenvalue weighted by molar-refractivity contribution is 5.77. The van der Waals surface area contributed by atoms with E-state index in [1.54, 1.807) is 29.2 Å². The fourth-order valence-electron chi connectivity index (χ4n) is 2.31. The van der Waals surface area contributed by atoms with E-state index in [-0.39, 0.29) is 31.3 Å². The van der Waals surface area contributed by atoms with Gasteiger partial charge in [0.05, 0.1) is 30.5 Å². The predicted molar refractivity (Wildman–Crippen MR) is 90.3 cm³/mol. The van der Waals surface area contributed by atoms with E-state index >= 15 is 0 Å². The summed E-state index contributed by atoms with van der Waals surface area (Å²) in [6.07, 6.45) is 3.08. The molecule has 0 saturated heterocycles. The monoisotopic (exact) mass is 356 g/mol. The number of non-ortho nitro benzene ring substituents is 1. The molecule has 3 rings (SSSR count). The summed E-state index contributed by atoms with van der Waals surface area (Å²) >= 11 is 0. The van der Waals surface area contributed by atoms with E-state index in [0.717, 1.165) is 0 Å². The number of carbonyl (C=O) groups is 1. The van der Waals surface area contributed by atoms with Crippen LogP contribution in [0.25, 0.3) is 0 Å². The van der Waals surface area contributed by atoms with Crippen LogP contribution < -0.4 is 4.74 Å². The van der Waals surface area contributed by atoms with E-state index in [4.69, 9.17) is 13.6 Å². The minimum atomic E-state index is -0.497. The van der Waals surface area contributed by atoms with Gasteiger partial charge in [0.1, 0.15) is 17.3 Å². The zero-order chi connectivity index (χ0) is 18.4. The van der Waals surface area contributed by atoms with E-state index in [9.17, 15) is 14.9 Å². The standard InChI is InChI=1S/C18H16N2O6/c21-18(13-26-15-7-5-14(6-8-15)20(22)23)19(11-16-3-1-9-24-16)12-17-4-2-10-25-17/h1-10H,11-13H2. The number of nitro benzene ring substituents is 1. The maximum atomic E-state index is 12.6. The first kappa shape index (κ1) is 17.3. The number of amides is 1. The summed E-state index contributed by atoms with van der Waals surface area (Å²) in [4.78, 5) is 24.3. The largest absolute Gasteiger partial charge is 0.484 e. The summed E-state index contributed by atoms with van der Waals surface area (Å²) < 4.78 is 16.1. The highest BCUT2D eigenvalue weighted by Gasteiger charge is 2.18. The topological polar surface area (TPSA) is 99.0 Å². The fourth-order valence-corrected chi connectivity index (χ4v) is 2.31. The molecule has 1 aromatic carbocycles. The summed E-state index contributed by atoms with van der Waals surface area (Å²) in [6.45, 7) is 0.339. The quantitative estimate of drug-likeness (QED) is 0.453. The van der Waals surface area contributed by atoms with Crippen LogP contribution in [0.1, 0.15) is 11.5 Å². The summed E-state index contributed by atoms with van der Waals surface area (Å²) in [5, 5.41) is 10.7. The first-order valence-electron chi connectivity index (χ1n) is 7.81. The van der Waals surface area contributed by atoms with Crippen molar-refractivity contribution in [1.29, 1.82) is 0 Å². The Morgan fingerprint density at radius 3 is 2.04 bits per heavy atom. The van der Waals surface area contributed by atoms with Crippen LogP contribution in [0.3, 0.4) is 0 Å². The lowest BCUT2D eigenvalue weighted by Crippen LogP contribution is -2.33. The van der Waals surface area contributed by atoms with Gasteiger partial charge in [0.15, 0.2) is 6.61 Å². The van der Waals surface area contributed by atoms with Gasteiger partial charge < -0.3 is 18.5 Å². The maximum Gasteiger partial charge on any atom is 0.269 e. The summed E-state index contributed by atoms with van der Waals surface area (Å²) in [5.41, 5.74) is -0.0408. The molecule has 0 spiro atoms. The highest BCUT2D eigenvalue weighted by Crippen LogP contribution is 2.18. The molecule has 2 heterocycles. The first-order chi connectivity index (χ1) is 12.6. The summed E-state index contributed by atoms with van der Waals surface area (Å²) in [7, 11) is 0. The lowest BCUT2D eigenvalue weighted by atomic mass is 10.3. The van der Waals surface area contributed by atoms with Crippen molar-refractivity contribution < 1.29 is 23.3 Å². The molecule has 8 heteroatoms. The molecular weight excluding hydrogens is 340 g/mol. The molecule has 0 aliphatic rings. The lowest BCUT2D eigenvalue weighted by Gasteiger charge is -2.20. The van der Waals surface area contributed by atoms with Crippen molar-refractivity contribution in [3.8, 4) is 5.75 Å². The number of nitrogens with zero attached hydrogens (tertiary/aromatic N) is 2. The molecule has 2 aromatic heterocycles. The molecule has 0 fully saturated rings. The molecule has 0 radical (unpaired) electrons. The van der Waals surface area contributed by atoms with Crippen molar-refractivity contribution in [2.45, 2.75) is 13.1 Å². The zero-order valence-corrected chi connectivity index (χ0v) is 13.7. The first-order valence-corrected chi connectivity index (χ1v) is 7.81. The summed E-state index contributed by atoms with van der Waals surface area (Å²) in [6, 6.07) is 12.6. The third-order valence-corrected chi connectivity index (χ3v) is 3.62. The van der Waals surface area contributed by atoms with E-state index in [0.29, 0.717) is 17.3 Å². The zero-order valence-electron chi connectivity index (χ0n) is 13.7. The Hall–Kier alpha value is -3.55. The Morgan fingerprint density at radius 1 is 1.00 bits per heavy atom. The molecule has 0 bridgehead atoms. The summed E-state index contributed by atoms with van der Waals surface area (Å²) in [5.74, 6) is 1.39. The van der Waals surface area contributed by atoms with Crippen molar-refractivity contribution in [2.75, 3.05) is 6.61 Å². The Morgan fingerprint density at radius 2 is 1.58 bits per heavy atom. The normalized spacial score (nSPS) is 10.5. The minimum Gasteiger partial charge on any atom is -0.484 e. The van der Waals surface area contributed by atoms with E-state index in [2.05, 4.69) is 0 Å². The van der Waals surface area contributed by atoms with E-state index in [1.165, 1.54) is 36.8 Å². The second kappa shape index (κ2) is 8.02. The van der Waals surface area contributed by atoms with Crippen LogP contribution in [-0.4, -0.2) is 22.3 Å². The molecular formula is C18H16N2O6. The number of nitro groups is 1. The number of hydrogen-bond donors (Lipinski definition) is 0. The average molecular weight is 356 g/mol. The average Bonchev–Trinajstić information content (AvgIpc) is 3.33. The Labute approximate surface area is 148 Å². The van der Waals surface area contributed by atoms with Gasteiger partial charge in [-0.1, -0.05) is 0 Å². The maximum absolute atomic E-state index is 12.6. The van der Waals surface area contributed by atoms with Gasteiger partial charge in [0.2, 0.25) is 0 Å². The van der Waals surface area contributed by atoms with Gasteiger partial charge in [-0.05, 0) is 36.4 Å². The van der Waals surface area contributed by atoms with Crippen LogP contribution in [0.4, 0.5) is 5.69 Å². The number of furan rings is 2. The van der Waals surface area contributed by atoms with Crippen LogP contribution in [0.5, 0.6) is 5.75 Å². The molecule has 0 aliphatic heterocycles. The van der Waals surface area contributed by atoms with Gasteiger partial charge in [-0.3, -0.25) is 14.9 Å². The van der Waals surface area contributed by atoms with Gasteiger partial charge in [-0.2, -0.15) is 0 Å². The van der Waals surface area contributed by atoms with Crippen LogP contribution in [-0.2, 0) is 17.9 Å². The third-order valence-electron chi connectivity index (χ3n) is 3.62. The molecule has 0 aliphatic carbocycles. The number of ether oxygens (including phenoxy) is 1. The van der Waals surface area contributed by atoms with Crippen LogP contribution in [0, 0.1) is 10.1 Å². The van der Waals surface area contributed by atoms with Gasteiger partial charge in [-0.25, -0.2) is 0 Å². The second-order valence-electron chi connectivity index (χ2n) is 5.45. The highest BCUT2D eigenvalue weighted by atomic mass is 16.6. The molecule has 26 heavy (non-hydrogen) atoms.